The maximum absolute atomic E-state index is 12.7. The lowest BCUT2D eigenvalue weighted by Gasteiger charge is -2.01. The standard InChI is InChI=1S/C9H6Cl2FNO/c10-7-3-5(12)4-8(11)6(7)1-2-9(13)14/h1-4H,(H2,13,14). The van der Waals surface area contributed by atoms with Crippen LogP contribution in [0.15, 0.2) is 18.2 Å². The molecule has 0 aliphatic heterocycles. The van der Waals surface area contributed by atoms with Gasteiger partial charge in [-0.15, -0.1) is 0 Å². The molecule has 14 heavy (non-hydrogen) atoms. The van der Waals surface area contributed by atoms with E-state index in [9.17, 15) is 9.18 Å². The Morgan fingerprint density at radius 2 is 1.86 bits per heavy atom. The van der Waals surface area contributed by atoms with Crippen LogP contribution in [0.1, 0.15) is 5.56 Å². The molecule has 0 spiro atoms. The third-order valence-electron chi connectivity index (χ3n) is 1.46. The number of benzene rings is 1. The van der Waals surface area contributed by atoms with Crippen molar-refractivity contribution in [3.63, 3.8) is 0 Å². The van der Waals surface area contributed by atoms with Crippen molar-refractivity contribution < 1.29 is 9.18 Å². The summed E-state index contributed by atoms with van der Waals surface area (Å²) in [5, 5.41) is 0.264. The minimum Gasteiger partial charge on any atom is -0.366 e. The zero-order valence-electron chi connectivity index (χ0n) is 6.93. The second-order valence-electron chi connectivity index (χ2n) is 2.52. The number of carbonyl (C=O) groups is 1. The van der Waals surface area contributed by atoms with Crippen LogP contribution in [-0.4, -0.2) is 5.91 Å². The van der Waals surface area contributed by atoms with Gasteiger partial charge in [0, 0.05) is 11.6 Å². The highest BCUT2D eigenvalue weighted by molar-refractivity contribution is 6.37. The number of halogens is 3. The Labute approximate surface area is 90.1 Å². The van der Waals surface area contributed by atoms with Gasteiger partial charge in [-0.2, -0.15) is 0 Å². The molecule has 1 rings (SSSR count). The number of hydrogen-bond acceptors (Lipinski definition) is 1. The summed E-state index contributed by atoms with van der Waals surface area (Å²) in [6.45, 7) is 0. The van der Waals surface area contributed by atoms with Gasteiger partial charge in [0.1, 0.15) is 5.82 Å². The van der Waals surface area contributed by atoms with Crippen molar-refractivity contribution in [3.8, 4) is 0 Å². The number of amides is 1. The van der Waals surface area contributed by atoms with E-state index in [2.05, 4.69) is 0 Å². The minimum absolute atomic E-state index is 0.132. The predicted octanol–water partition coefficient (Wildman–Crippen LogP) is 2.63. The average molecular weight is 234 g/mol. The Balaban J connectivity index is 3.15. The number of carbonyl (C=O) groups excluding carboxylic acids is 1. The molecule has 0 aliphatic carbocycles. The first-order chi connectivity index (χ1) is 6.50. The molecule has 0 aliphatic rings. The number of primary amides is 1. The molecule has 1 aromatic carbocycles. The van der Waals surface area contributed by atoms with Gasteiger partial charge in [-0.3, -0.25) is 4.79 Å². The first-order valence-electron chi connectivity index (χ1n) is 3.63. The van der Waals surface area contributed by atoms with Crippen LogP contribution in [0, 0.1) is 5.82 Å². The highest BCUT2D eigenvalue weighted by atomic mass is 35.5. The van der Waals surface area contributed by atoms with Crippen molar-refractivity contribution in [1.29, 1.82) is 0 Å². The Morgan fingerprint density at radius 1 is 1.36 bits per heavy atom. The fourth-order valence-electron chi connectivity index (χ4n) is 0.878. The van der Waals surface area contributed by atoms with Gasteiger partial charge in [0.25, 0.3) is 0 Å². The van der Waals surface area contributed by atoms with Crippen LogP contribution in [0.25, 0.3) is 6.08 Å². The van der Waals surface area contributed by atoms with Crippen LogP contribution in [0.3, 0.4) is 0 Å². The van der Waals surface area contributed by atoms with Gasteiger partial charge in [0.05, 0.1) is 10.0 Å². The third kappa shape index (κ3) is 2.72. The van der Waals surface area contributed by atoms with Gasteiger partial charge in [0.2, 0.25) is 5.91 Å². The lowest BCUT2D eigenvalue weighted by molar-refractivity contribution is -0.113. The molecule has 1 amide bonds. The predicted molar refractivity (Wildman–Crippen MR) is 54.6 cm³/mol. The quantitative estimate of drug-likeness (QED) is 0.785. The molecule has 0 heterocycles. The summed E-state index contributed by atoms with van der Waals surface area (Å²) in [5.74, 6) is -1.15. The largest absolute Gasteiger partial charge is 0.366 e. The smallest absolute Gasteiger partial charge is 0.241 e. The monoisotopic (exact) mass is 233 g/mol. The van der Waals surface area contributed by atoms with E-state index < -0.39 is 11.7 Å². The van der Waals surface area contributed by atoms with E-state index in [1.54, 1.807) is 0 Å². The van der Waals surface area contributed by atoms with Gasteiger partial charge in [-0.25, -0.2) is 4.39 Å². The summed E-state index contributed by atoms with van der Waals surface area (Å²) >= 11 is 11.4. The average Bonchev–Trinajstić information content (AvgIpc) is 2.01. The van der Waals surface area contributed by atoms with Crippen molar-refractivity contribution in [2.75, 3.05) is 0 Å². The Hall–Kier alpha value is -1.06. The second-order valence-corrected chi connectivity index (χ2v) is 3.33. The topological polar surface area (TPSA) is 43.1 Å². The van der Waals surface area contributed by atoms with Crippen molar-refractivity contribution in [1.82, 2.24) is 0 Å². The molecule has 2 nitrogen and oxygen atoms in total. The molecule has 0 saturated heterocycles. The van der Waals surface area contributed by atoms with Crippen LogP contribution in [-0.2, 0) is 4.79 Å². The molecular weight excluding hydrogens is 228 g/mol. The molecule has 0 saturated carbocycles. The van der Waals surface area contributed by atoms with E-state index >= 15 is 0 Å². The van der Waals surface area contributed by atoms with E-state index in [4.69, 9.17) is 28.9 Å². The SMILES string of the molecule is NC(=O)C=Cc1c(Cl)cc(F)cc1Cl. The zero-order chi connectivity index (χ0) is 10.7. The van der Waals surface area contributed by atoms with Crippen molar-refractivity contribution >= 4 is 35.2 Å². The minimum atomic E-state index is -0.624. The molecular formula is C9H6Cl2FNO. The Morgan fingerprint density at radius 3 is 2.29 bits per heavy atom. The first-order valence-corrected chi connectivity index (χ1v) is 4.38. The van der Waals surface area contributed by atoms with Gasteiger partial charge < -0.3 is 5.73 Å². The molecule has 0 radical (unpaired) electrons. The number of rotatable bonds is 2. The molecule has 0 fully saturated rings. The van der Waals surface area contributed by atoms with E-state index in [0.29, 0.717) is 5.56 Å². The van der Waals surface area contributed by atoms with Crippen LogP contribution < -0.4 is 5.73 Å². The number of nitrogens with two attached hydrogens (primary N) is 1. The fourth-order valence-corrected chi connectivity index (χ4v) is 1.46. The molecule has 0 bridgehead atoms. The maximum Gasteiger partial charge on any atom is 0.241 e. The molecule has 74 valence electrons. The zero-order valence-corrected chi connectivity index (χ0v) is 8.44. The summed E-state index contributed by atoms with van der Waals surface area (Å²) in [7, 11) is 0. The summed E-state index contributed by atoms with van der Waals surface area (Å²) in [4.78, 5) is 10.4. The number of hydrogen-bond donors (Lipinski definition) is 1. The Kier molecular flexibility index (Phi) is 3.49. The van der Waals surface area contributed by atoms with Crippen LogP contribution >= 0.6 is 23.2 Å². The lowest BCUT2D eigenvalue weighted by Crippen LogP contribution is -2.05. The third-order valence-corrected chi connectivity index (χ3v) is 2.08. The molecule has 1 aromatic rings. The lowest BCUT2D eigenvalue weighted by atomic mass is 10.2. The van der Waals surface area contributed by atoms with Gasteiger partial charge in [0.15, 0.2) is 0 Å². The molecule has 0 unspecified atom stereocenters. The highest BCUT2D eigenvalue weighted by Crippen LogP contribution is 2.27. The normalized spacial score (nSPS) is 10.8. The molecule has 2 N–H and O–H groups in total. The summed E-state index contributed by atoms with van der Waals surface area (Å²) < 4.78 is 12.7. The van der Waals surface area contributed by atoms with Crippen LogP contribution in [0.2, 0.25) is 10.0 Å². The van der Waals surface area contributed by atoms with E-state index in [1.807, 2.05) is 0 Å². The van der Waals surface area contributed by atoms with E-state index in [0.717, 1.165) is 18.2 Å². The van der Waals surface area contributed by atoms with Gasteiger partial charge >= 0.3 is 0 Å². The summed E-state index contributed by atoms with van der Waals surface area (Å²) in [6.07, 6.45) is 2.44. The van der Waals surface area contributed by atoms with E-state index in [1.165, 1.54) is 6.08 Å². The van der Waals surface area contributed by atoms with Gasteiger partial charge in [-0.1, -0.05) is 23.2 Å². The van der Waals surface area contributed by atoms with Crippen molar-refractivity contribution in [2.24, 2.45) is 5.73 Å². The maximum atomic E-state index is 12.7. The molecule has 5 heteroatoms. The summed E-state index contributed by atoms with van der Waals surface area (Å²) in [5.41, 5.74) is 5.25. The first kappa shape index (κ1) is 11.0. The van der Waals surface area contributed by atoms with Gasteiger partial charge in [-0.05, 0) is 18.2 Å². The Bertz CT molecular complexity index is 381. The summed E-state index contributed by atoms with van der Waals surface area (Å²) in [6, 6.07) is 2.21. The highest BCUT2D eigenvalue weighted by Gasteiger charge is 2.05. The van der Waals surface area contributed by atoms with Crippen LogP contribution in [0.4, 0.5) is 4.39 Å². The van der Waals surface area contributed by atoms with Crippen molar-refractivity contribution in [2.45, 2.75) is 0 Å². The van der Waals surface area contributed by atoms with E-state index in [-0.39, 0.29) is 10.0 Å². The molecule has 0 aromatic heterocycles. The fraction of sp³-hybridized carbons (Fsp3) is 0. The molecule has 0 atom stereocenters. The van der Waals surface area contributed by atoms with Crippen LogP contribution in [0.5, 0.6) is 0 Å². The van der Waals surface area contributed by atoms with Crippen molar-refractivity contribution in [3.05, 3.63) is 39.6 Å². The second kappa shape index (κ2) is 4.44.